The van der Waals surface area contributed by atoms with E-state index in [-0.39, 0.29) is 12.0 Å². The number of nitrogens with two attached hydrogens (primary N) is 1. The van der Waals surface area contributed by atoms with E-state index in [1.165, 1.54) is 0 Å². The van der Waals surface area contributed by atoms with Crippen LogP contribution in [0.5, 0.6) is 5.75 Å². The van der Waals surface area contributed by atoms with Crippen LogP contribution in [0.2, 0.25) is 0 Å². The van der Waals surface area contributed by atoms with Crippen molar-refractivity contribution in [2.75, 3.05) is 25.4 Å². The van der Waals surface area contributed by atoms with Gasteiger partial charge in [0.15, 0.2) is 0 Å². The monoisotopic (exact) mass is 426 g/mol. The van der Waals surface area contributed by atoms with Crippen LogP contribution in [0, 0.1) is 11.8 Å². The molecule has 170 valence electrons. The predicted octanol–water partition coefficient (Wildman–Crippen LogP) is 5.79. The average molecular weight is 427 g/mol. The van der Waals surface area contributed by atoms with Crippen LogP contribution in [0.25, 0.3) is 0 Å². The Kier molecular flexibility index (Phi) is 9.22. The summed E-state index contributed by atoms with van der Waals surface area (Å²) in [5.74, 6) is 1.56. The Morgan fingerprint density at radius 3 is 2.26 bits per heavy atom. The molecule has 0 aliphatic rings. The molecule has 5 heteroatoms. The van der Waals surface area contributed by atoms with Crippen molar-refractivity contribution in [3.8, 4) is 5.75 Å². The Bertz CT molecular complexity index is 783. The van der Waals surface area contributed by atoms with Gasteiger partial charge in [-0.1, -0.05) is 44.2 Å². The molecule has 2 aromatic carbocycles. The smallest absolute Gasteiger partial charge is 0.410 e. The number of nitrogens with zero attached hydrogens (tertiary/aromatic N) is 1. The molecule has 5 nitrogen and oxygen atoms in total. The zero-order valence-corrected chi connectivity index (χ0v) is 19.6. The first-order chi connectivity index (χ1) is 14.6. The number of hydrogen-bond acceptors (Lipinski definition) is 4. The average Bonchev–Trinajstić information content (AvgIpc) is 2.69. The number of ether oxygens (including phenoxy) is 2. The summed E-state index contributed by atoms with van der Waals surface area (Å²) in [6, 6.07) is 17.6. The van der Waals surface area contributed by atoms with Crippen molar-refractivity contribution in [2.45, 2.75) is 53.1 Å². The number of anilines is 1. The Hall–Kier alpha value is -2.69. The number of para-hydroxylation sites is 1. The van der Waals surface area contributed by atoms with Gasteiger partial charge in [-0.25, -0.2) is 4.79 Å². The minimum atomic E-state index is -0.537. The van der Waals surface area contributed by atoms with Gasteiger partial charge in [0.2, 0.25) is 0 Å². The zero-order valence-electron chi connectivity index (χ0n) is 19.6. The maximum atomic E-state index is 13.0. The van der Waals surface area contributed by atoms with Gasteiger partial charge < -0.3 is 20.1 Å². The third kappa shape index (κ3) is 9.77. The van der Waals surface area contributed by atoms with Gasteiger partial charge in [-0.2, -0.15) is 0 Å². The Morgan fingerprint density at radius 1 is 1.03 bits per heavy atom. The summed E-state index contributed by atoms with van der Waals surface area (Å²) in [4.78, 5) is 14.8. The van der Waals surface area contributed by atoms with Crippen LogP contribution in [0.15, 0.2) is 54.6 Å². The highest BCUT2D eigenvalue weighted by Crippen LogP contribution is 2.19. The standard InChI is InChI=1S/C26H38N2O3/c1-20(2)17-22(19-30-24-9-7-6-8-10-24)18-28(25(29)31-26(3,4)5)16-15-21-11-13-23(27)14-12-21/h6-14,20,22H,15-19,27H2,1-5H3/t22-/m0/s1. The van der Waals surface area contributed by atoms with Gasteiger partial charge in [0, 0.05) is 24.7 Å². The lowest BCUT2D eigenvalue weighted by Crippen LogP contribution is -2.42. The fourth-order valence-electron chi connectivity index (χ4n) is 3.44. The number of amides is 1. The third-order valence-corrected chi connectivity index (χ3v) is 4.81. The first kappa shape index (κ1) is 24.6. The summed E-state index contributed by atoms with van der Waals surface area (Å²) in [5.41, 5.74) is 7.14. The van der Waals surface area contributed by atoms with Crippen LogP contribution in [-0.4, -0.2) is 36.3 Å². The highest BCUT2D eigenvalue weighted by atomic mass is 16.6. The molecule has 0 heterocycles. The van der Waals surface area contributed by atoms with Gasteiger partial charge in [-0.05, 0) is 69.4 Å². The van der Waals surface area contributed by atoms with Crippen LogP contribution in [0.1, 0.15) is 46.6 Å². The summed E-state index contributed by atoms with van der Waals surface area (Å²) in [5, 5.41) is 0. The van der Waals surface area contributed by atoms with E-state index >= 15 is 0 Å². The molecule has 0 fully saturated rings. The van der Waals surface area contributed by atoms with E-state index in [0.29, 0.717) is 25.6 Å². The molecule has 0 aliphatic carbocycles. The van der Waals surface area contributed by atoms with Crippen molar-refractivity contribution >= 4 is 11.8 Å². The number of carbonyl (C=O) groups is 1. The van der Waals surface area contributed by atoms with Gasteiger partial charge in [-0.3, -0.25) is 0 Å². The van der Waals surface area contributed by atoms with Crippen molar-refractivity contribution in [3.05, 3.63) is 60.2 Å². The highest BCUT2D eigenvalue weighted by Gasteiger charge is 2.25. The van der Waals surface area contributed by atoms with Gasteiger partial charge in [0.25, 0.3) is 0 Å². The van der Waals surface area contributed by atoms with Crippen LogP contribution >= 0.6 is 0 Å². The van der Waals surface area contributed by atoms with Crippen molar-refractivity contribution in [2.24, 2.45) is 11.8 Å². The molecule has 0 bridgehead atoms. The number of hydrogen-bond donors (Lipinski definition) is 1. The normalized spacial score (nSPS) is 12.5. The number of carbonyl (C=O) groups excluding carboxylic acids is 1. The molecule has 1 amide bonds. The molecule has 0 aromatic heterocycles. The van der Waals surface area contributed by atoms with Crippen LogP contribution in [-0.2, 0) is 11.2 Å². The molecule has 0 saturated heterocycles. The fourth-order valence-corrected chi connectivity index (χ4v) is 3.44. The fraction of sp³-hybridized carbons (Fsp3) is 0.500. The molecule has 0 unspecified atom stereocenters. The van der Waals surface area contributed by atoms with E-state index in [1.807, 2.05) is 80.3 Å². The van der Waals surface area contributed by atoms with E-state index in [1.54, 1.807) is 0 Å². The van der Waals surface area contributed by atoms with Crippen LogP contribution in [0.3, 0.4) is 0 Å². The predicted molar refractivity (Wildman–Crippen MR) is 127 cm³/mol. The zero-order chi connectivity index (χ0) is 22.9. The third-order valence-electron chi connectivity index (χ3n) is 4.81. The SMILES string of the molecule is CC(C)C[C@H](COc1ccccc1)CN(CCc1ccc(N)cc1)C(=O)OC(C)(C)C. The summed E-state index contributed by atoms with van der Waals surface area (Å²) in [6.45, 7) is 11.8. The molecule has 0 saturated carbocycles. The van der Waals surface area contributed by atoms with E-state index in [9.17, 15) is 4.79 Å². The maximum absolute atomic E-state index is 13.0. The molecule has 0 radical (unpaired) electrons. The first-order valence-electron chi connectivity index (χ1n) is 11.1. The topological polar surface area (TPSA) is 64.8 Å². The molecule has 0 spiro atoms. The Balaban J connectivity index is 2.09. The van der Waals surface area contributed by atoms with Crippen molar-refractivity contribution < 1.29 is 14.3 Å². The maximum Gasteiger partial charge on any atom is 0.410 e. The minimum Gasteiger partial charge on any atom is -0.493 e. The number of benzene rings is 2. The highest BCUT2D eigenvalue weighted by molar-refractivity contribution is 5.68. The molecule has 2 rings (SSSR count). The molecular formula is C26H38N2O3. The second kappa shape index (κ2) is 11.6. The summed E-state index contributed by atoms with van der Waals surface area (Å²) in [7, 11) is 0. The first-order valence-corrected chi connectivity index (χ1v) is 11.1. The van der Waals surface area contributed by atoms with Crippen molar-refractivity contribution in [3.63, 3.8) is 0 Å². The molecular weight excluding hydrogens is 388 g/mol. The van der Waals surface area contributed by atoms with Gasteiger partial charge in [-0.15, -0.1) is 0 Å². The lowest BCUT2D eigenvalue weighted by molar-refractivity contribution is 0.0198. The second-order valence-corrected chi connectivity index (χ2v) is 9.54. The van der Waals surface area contributed by atoms with Gasteiger partial charge >= 0.3 is 6.09 Å². The van der Waals surface area contributed by atoms with E-state index in [2.05, 4.69) is 13.8 Å². The summed E-state index contributed by atoms with van der Waals surface area (Å²) >= 11 is 0. The van der Waals surface area contributed by atoms with Crippen LogP contribution < -0.4 is 10.5 Å². The number of rotatable bonds is 10. The van der Waals surface area contributed by atoms with E-state index in [0.717, 1.165) is 29.8 Å². The molecule has 2 N–H and O–H groups in total. The second-order valence-electron chi connectivity index (χ2n) is 9.54. The lowest BCUT2D eigenvalue weighted by atomic mass is 9.97. The quantitative estimate of drug-likeness (QED) is 0.488. The van der Waals surface area contributed by atoms with E-state index < -0.39 is 5.60 Å². The van der Waals surface area contributed by atoms with Crippen LogP contribution in [0.4, 0.5) is 10.5 Å². The number of nitrogen functional groups attached to an aromatic ring is 1. The van der Waals surface area contributed by atoms with Gasteiger partial charge in [0.1, 0.15) is 11.4 Å². The van der Waals surface area contributed by atoms with Gasteiger partial charge in [0.05, 0.1) is 6.61 Å². The van der Waals surface area contributed by atoms with Crippen molar-refractivity contribution in [1.82, 2.24) is 4.90 Å². The summed E-state index contributed by atoms with van der Waals surface area (Å²) in [6.07, 6.45) is 1.43. The molecule has 31 heavy (non-hydrogen) atoms. The van der Waals surface area contributed by atoms with Crippen molar-refractivity contribution in [1.29, 1.82) is 0 Å². The minimum absolute atomic E-state index is 0.208. The lowest BCUT2D eigenvalue weighted by Gasteiger charge is -2.31. The largest absolute Gasteiger partial charge is 0.493 e. The Morgan fingerprint density at radius 2 is 1.68 bits per heavy atom. The Labute approximate surface area is 187 Å². The molecule has 2 aromatic rings. The molecule has 1 atom stereocenters. The molecule has 0 aliphatic heterocycles. The van der Waals surface area contributed by atoms with E-state index in [4.69, 9.17) is 15.2 Å². The summed E-state index contributed by atoms with van der Waals surface area (Å²) < 4.78 is 11.7.